The molecule has 0 saturated heterocycles. The largest absolute Gasteiger partial charge is 0.425 e. The van der Waals surface area contributed by atoms with Crippen molar-refractivity contribution in [3.05, 3.63) is 45.8 Å². The van der Waals surface area contributed by atoms with Crippen molar-refractivity contribution in [1.29, 1.82) is 0 Å². The Labute approximate surface area is 185 Å². The van der Waals surface area contributed by atoms with Crippen molar-refractivity contribution < 1.29 is 13.5 Å². The third-order valence-corrected chi connectivity index (χ3v) is 7.99. The maximum absolute atomic E-state index is 13.7. The molecule has 5 nitrogen and oxygen atoms in total. The molecule has 2 heterocycles. The van der Waals surface area contributed by atoms with Crippen LogP contribution in [0.5, 0.6) is 11.8 Å². The summed E-state index contributed by atoms with van der Waals surface area (Å²) in [6.07, 6.45) is 8.92. The smallest absolute Gasteiger partial charge is 0.306 e. The van der Waals surface area contributed by atoms with E-state index in [-0.39, 0.29) is 22.7 Å². The van der Waals surface area contributed by atoms with E-state index in [0.29, 0.717) is 24.3 Å². The third-order valence-electron chi connectivity index (χ3n) is 7.99. The first-order valence-electron chi connectivity index (χ1n) is 11.8. The van der Waals surface area contributed by atoms with Crippen molar-refractivity contribution in [3.8, 4) is 11.8 Å². The van der Waals surface area contributed by atoms with Crippen molar-refractivity contribution in [2.45, 2.75) is 64.8 Å². The van der Waals surface area contributed by atoms with E-state index in [4.69, 9.17) is 9.73 Å². The normalized spacial score (nSPS) is 29.8. The number of aliphatic imine (C=N–C) groups is 1. The van der Waals surface area contributed by atoms with E-state index < -0.39 is 11.6 Å². The minimum absolute atomic E-state index is 0.0807. The first-order valence-corrected chi connectivity index (χ1v) is 11.8. The summed E-state index contributed by atoms with van der Waals surface area (Å²) >= 11 is 0. The maximum atomic E-state index is 13.7. The fraction of sp³-hybridized carbons (Fsp3) is 0.560. The molecule has 4 aliphatic carbocycles. The predicted molar refractivity (Wildman–Crippen MR) is 117 cm³/mol. The molecule has 32 heavy (non-hydrogen) atoms. The number of hydrogen-bond donors (Lipinski definition) is 0. The van der Waals surface area contributed by atoms with Crippen molar-refractivity contribution in [2.24, 2.45) is 28.2 Å². The van der Waals surface area contributed by atoms with Crippen LogP contribution in [0.15, 0.2) is 28.0 Å². The molecule has 0 spiro atoms. The van der Waals surface area contributed by atoms with E-state index in [2.05, 4.69) is 4.98 Å². The molecular weight excluding hydrogens is 412 g/mol. The monoisotopic (exact) mass is 439 g/mol. The molecule has 0 N–H and O–H groups in total. The minimum Gasteiger partial charge on any atom is -0.425 e. The van der Waals surface area contributed by atoms with E-state index in [1.54, 1.807) is 0 Å². The lowest BCUT2D eigenvalue weighted by atomic mass is 9.48. The lowest BCUT2D eigenvalue weighted by molar-refractivity contribution is -0.0129. The van der Waals surface area contributed by atoms with Crippen LogP contribution in [0, 0.1) is 34.8 Å². The van der Waals surface area contributed by atoms with E-state index in [0.717, 1.165) is 42.0 Å². The van der Waals surface area contributed by atoms with Gasteiger partial charge >= 0.3 is 6.01 Å². The van der Waals surface area contributed by atoms with Gasteiger partial charge in [0.05, 0.1) is 5.56 Å². The molecule has 0 unspecified atom stereocenters. The van der Waals surface area contributed by atoms with Crippen LogP contribution in [0.1, 0.15) is 57.4 Å². The van der Waals surface area contributed by atoms with Gasteiger partial charge in [0.1, 0.15) is 5.75 Å². The Balaban J connectivity index is 1.37. The highest BCUT2D eigenvalue weighted by atomic mass is 19.2. The molecule has 5 aliphatic rings. The van der Waals surface area contributed by atoms with E-state index >= 15 is 0 Å². The summed E-state index contributed by atoms with van der Waals surface area (Å²) in [6.45, 7) is 2.41. The van der Waals surface area contributed by atoms with E-state index in [9.17, 15) is 13.6 Å². The van der Waals surface area contributed by atoms with Gasteiger partial charge in [0.15, 0.2) is 17.5 Å². The van der Waals surface area contributed by atoms with Crippen molar-refractivity contribution in [1.82, 2.24) is 9.55 Å². The molecule has 4 saturated carbocycles. The zero-order chi connectivity index (χ0) is 22.0. The Morgan fingerprint density at radius 3 is 2.41 bits per heavy atom. The highest BCUT2D eigenvalue weighted by molar-refractivity contribution is 5.97. The van der Waals surface area contributed by atoms with E-state index in [1.165, 1.54) is 49.2 Å². The molecule has 1 aromatic heterocycles. The standard InChI is InChI=1S/C25H27F2N3O2/c1-2-5-30-23(31)18-10-21(25-11-14-6-15(12-25)8-16(7-14)13-25)28-22(18)29-24(30)32-17-3-4-19(26)20(27)9-17/h3-4,9,14-16H,2,5-8,10-13H2,1H3. The van der Waals surface area contributed by atoms with Crippen LogP contribution in [0.25, 0.3) is 0 Å². The molecule has 7 rings (SSSR count). The molecule has 168 valence electrons. The number of ether oxygens (including phenoxy) is 1. The number of benzene rings is 1. The predicted octanol–water partition coefficient (Wildman–Crippen LogP) is 5.57. The zero-order valence-corrected chi connectivity index (χ0v) is 18.2. The van der Waals surface area contributed by atoms with Crippen LogP contribution in [-0.2, 0) is 13.0 Å². The molecule has 0 radical (unpaired) electrons. The highest BCUT2D eigenvalue weighted by Gasteiger charge is 2.54. The molecule has 4 bridgehead atoms. The zero-order valence-electron chi connectivity index (χ0n) is 18.2. The molecule has 4 fully saturated rings. The highest BCUT2D eigenvalue weighted by Crippen LogP contribution is 2.61. The van der Waals surface area contributed by atoms with Crippen molar-refractivity contribution >= 4 is 11.5 Å². The van der Waals surface area contributed by atoms with Gasteiger partial charge in [-0.25, -0.2) is 13.8 Å². The molecule has 1 aromatic carbocycles. The molecule has 1 aliphatic heterocycles. The molecule has 0 atom stereocenters. The van der Waals surface area contributed by atoms with Gasteiger partial charge in [-0.3, -0.25) is 9.36 Å². The van der Waals surface area contributed by atoms with Crippen LogP contribution >= 0.6 is 0 Å². The quantitative estimate of drug-likeness (QED) is 0.612. The van der Waals surface area contributed by atoms with Gasteiger partial charge in [-0.15, -0.1) is 0 Å². The number of nitrogens with zero attached hydrogens (tertiary/aromatic N) is 3. The van der Waals surface area contributed by atoms with Crippen LogP contribution in [0.2, 0.25) is 0 Å². The van der Waals surface area contributed by atoms with Crippen LogP contribution in [0.4, 0.5) is 14.6 Å². The van der Waals surface area contributed by atoms with Crippen molar-refractivity contribution in [3.63, 3.8) is 0 Å². The summed E-state index contributed by atoms with van der Waals surface area (Å²) in [6, 6.07) is 3.38. The van der Waals surface area contributed by atoms with Crippen LogP contribution < -0.4 is 10.3 Å². The Hall–Kier alpha value is -2.57. The average molecular weight is 440 g/mol. The van der Waals surface area contributed by atoms with Gasteiger partial charge in [0.2, 0.25) is 0 Å². The Morgan fingerprint density at radius 1 is 1.09 bits per heavy atom. The Kier molecular flexibility index (Phi) is 4.53. The molecule has 7 heteroatoms. The minimum atomic E-state index is -1.00. The lowest BCUT2D eigenvalue weighted by Crippen LogP contribution is -2.50. The fourth-order valence-electron chi connectivity index (χ4n) is 7.06. The van der Waals surface area contributed by atoms with Gasteiger partial charge in [-0.2, -0.15) is 4.98 Å². The maximum Gasteiger partial charge on any atom is 0.306 e. The molecule has 2 aromatic rings. The van der Waals surface area contributed by atoms with Crippen LogP contribution in [-0.4, -0.2) is 15.3 Å². The second kappa shape index (κ2) is 7.22. The topological polar surface area (TPSA) is 56.5 Å². The summed E-state index contributed by atoms with van der Waals surface area (Å²) < 4.78 is 34.3. The molecule has 0 amide bonds. The SMILES string of the molecule is CCCn1c(Oc2ccc(F)c(F)c2)nc2c(c1=O)CC(C13CC4CC(CC(C4)C1)C3)=N2. The number of hydrogen-bond acceptors (Lipinski definition) is 4. The summed E-state index contributed by atoms with van der Waals surface area (Å²) in [7, 11) is 0. The summed E-state index contributed by atoms with van der Waals surface area (Å²) in [5.41, 5.74) is 1.75. The summed E-state index contributed by atoms with van der Waals surface area (Å²) in [5.74, 6) is 0.971. The third kappa shape index (κ3) is 3.11. The number of rotatable bonds is 5. The van der Waals surface area contributed by atoms with Gasteiger partial charge in [-0.1, -0.05) is 6.92 Å². The van der Waals surface area contributed by atoms with E-state index in [1.807, 2.05) is 6.92 Å². The number of aromatic nitrogens is 2. The fourth-order valence-corrected chi connectivity index (χ4v) is 7.06. The van der Waals surface area contributed by atoms with Gasteiger partial charge in [-0.05, 0) is 74.8 Å². The number of fused-ring (bicyclic) bond motifs is 1. The van der Waals surface area contributed by atoms with Gasteiger partial charge in [0.25, 0.3) is 5.56 Å². The van der Waals surface area contributed by atoms with Crippen molar-refractivity contribution in [2.75, 3.05) is 0 Å². The average Bonchev–Trinajstić information content (AvgIpc) is 3.18. The summed E-state index contributed by atoms with van der Waals surface area (Å²) in [4.78, 5) is 22.9. The Bertz CT molecular complexity index is 1150. The Morgan fingerprint density at radius 2 is 1.78 bits per heavy atom. The first kappa shape index (κ1) is 20.1. The lowest BCUT2D eigenvalue weighted by Gasteiger charge is -2.56. The second-order valence-electron chi connectivity index (χ2n) is 10.3. The first-order chi connectivity index (χ1) is 15.4. The van der Waals surface area contributed by atoms with Crippen LogP contribution in [0.3, 0.4) is 0 Å². The second-order valence-corrected chi connectivity index (χ2v) is 10.3. The summed E-state index contributed by atoms with van der Waals surface area (Å²) in [5, 5.41) is 0. The van der Waals surface area contributed by atoms with Gasteiger partial charge in [0, 0.05) is 30.2 Å². The number of halogens is 2. The van der Waals surface area contributed by atoms with Gasteiger partial charge < -0.3 is 4.74 Å². The molecular formula is C25H27F2N3O2.